The lowest BCUT2D eigenvalue weighted by molar-refractivity contribution is -0.917. The average molecular weight is 423 g/mol. The molecule has 0 atom stereocenters. The van der Waals surface area contributed by atoms with Crippen molar-refractivity contribution in [3.8, 4) is 0 Å². The van der Waals surface area contributed by atoms with Crippen LogP contribution in [0.25, 0.3) is 0 Å². The van der Waals surface area contributed by atoms with Crippen molar-refractivity contribution in [1.82, 2.24) is 9.62 Å². The molecule has 28 heavy (non-hydrogen) atoms. The largest absolute Gasteiger partial charge is 0.328 e. The summed E-state index contributed by atoms with van der Waals surface area (Å²) in [4.78, 5) is 16.1. The van der Waals surface area contributed by atoms with E-state index < -0.39 is 10.0 Å². The van der Waals surface area contributed by atoms with Gasteiger partial charge in [0.15, 0.2) is 0 Å². The summed E-state index contributed by atoms with van der Waals surface area (Å²) in [6.07, 6.45) is 0. The Hall–Kier alpha value is -1.93. The Labute approximate surface area is 171 Å². The smallest absolute Gasteiger partial charge is 0.255 e. The summed E-state index contributed by atoms with van der Waals surface area (Å²) in [6.45, 7) is 5.95. The molecule has 1 aliphatic rings. The first-order valence-electron chi connectivity index (χ1n) is 9.22. The van der Waals surface area contributed by atoms with Gasteiger partial charge in [0, 0.05) is 5.56 Å². The minimum atomic E-state index is -3.63. The van der Waals surface area contributed by atoms with Crippen LogP contribution in [0, 0.1) is 6.92 Å². The SMILES string of the molecule is CNS(=O)(=O)c1ccc(Cl)c(C(=O)N2CC[NH+](Cc3ccccc3C)CC2)c1. The summed E-state index contributed by atoms with van der Waals surface area (Å²) < 4.78 is 26.3. The number of hydrogen-bond acceptors (Lipinski definition) is 3. The maximum atomic E-state index is 12.9. The first-order valence-corrected chi connectivity index (χ1v) is 11.1. The molecule has 1 heterocycles. The highest BCUT2D eigenvalue weighted by atomic mass is 35.5. The zero-order valence-corrected chi connectivity index (χ0v) is 17.6. The maximum absolute atomic E-state index is 12.9. The van der Waals surface area contributed by atoms with Gasteiger partial charge in [-0.2, -0.15) is 0 Å². The average Bonchev–Trinajstić information content (AvgIpc) is 2.70. The van der Waals surface area contributed by atoms with Crippen molar-refractivity contribution in [3.63, 3.8) is 0 Å². The topological polar surface area (TPSA) is 70.9 Å². The second-order valence-corrected chi connectivity index (χ2v) is 9.29. The van der Waals surface area contributed by atoms with Crippen LogP contribution in [-0.4, -0.2) is 52.5 Å². The van der Waals surface area contributed by atoms with Crippen molar-refractivity contribution in [3.05, 3.63) is 64.2 Å². The van der Waals surface area contributed by atoms with Gasteiger partial charge in [0.05, 0.1) is 41.7 Å². The van der Waals surface area contributed by atoms with Gasteiger partial charge in [-0.1, -0.05) is 35.9 Å². The number of aryl methyl sites for hydroxylation is 1. The van der Waals surface area contributed by atoms with Crippen molar-refractivity contribution in [2.45, 2.75) is 18.4 Å². The molecule has 0 saturated carbocycles. The van der Waals surface area contributed by atoms with E-state index >= 15 is 0 Å². The molecule has 0 unspecified atom stereocenters. The van der Waals surface area contributed by atoms with Crippen LogP contribution in [0.15, 0.2) is 47.4 Å². The number of halogens is 1. The molecule has 1 amide bonds. The minimum absolute atomic E-state index is 0.0339. The highest BCUT2D eigenvalue weighted by Gasteiger charge is 2.27. The van der Waals surface area contributed by atoms with Gasteiger partial charge in [-0.3, -0.25) is 4.79 Å². The molecular formula is C20H25ClN3O3S+. The van der Waals surface area contributed by atoms with Crippen LogP contribution in [0.3, 0.4) is 0 Å². The first kappa shape index (κ1) is 20.8. The standard InChI is InChI=1S/C20H24ClN3O3S/c1-15-5-3-4-6-16(15)14-23-9-11-24(12-10-23)20(25)18-13-17(7-8-19(18)21)28(26,27)22-2/h3-8,13,22H,9-12,14H2,1-2H3/p+1. The number of benzene rings is 2. The quantitative estimate of drug-likeness (QED) is 0.758. The van der Waals surface area contributed by atoms with E-state index in [4.69, 9.17) is 11.6 Å². The number of nitrogens with zero attached hydrogens (tertiary/aromatic N) is 1. The molecule has 6 nitrogen and oxygen atoms in total. The second-order valence-electron chi connectivity index (χ2n) is 6.99. The molecule has 0 aliphatic carbocycles. The molecule has 1 aliphatic heterocycles. The lowest BCUT2D eigenvalue weighted by Crippen LogP contribution is -3.13. The number of carbonyl (C=O) groups excluding carboxylic acids is 1. The molecule has 3 rings (SSSR count). The summed E-state index contributed by atoms with van der Waals surface area (Å²) in [6, 6.07) is 12.6. The predicted octanol–water partition coefficient (Wildman–Crippen LogP) is 1.10. The third kappa shape index (κ3) is 4.55. The van der Waals surface area contributed by atoms with Gasteiger partial charge in [-0.05, 0) is 37.7 Å². The number of rotatable bonds is 5. The summed E-state index contributed by atoms with van der Waals surface area (Å²) in [5.74, 6) is -0.229. The Morgan fingerprint density at radius 3 is 2.50 bits per heavy atom. The molecule has 0 spiro atoms. The maximum Gasteiger partial charge on any atom is 0.255 e. The van der Waals surface area contributed by atoms with Gasteiger partial charge in [-0.15, -0.1) is 0 Å². The fraction of sp³-hybridized carbons (Fsp3) is 0.350. The Morgan fingerprint density at radius 2 is 1.86 bits per heavy atom. The van der Waals surface area contributed by atoms with Gasteiger partial charge in [0.1, 0.15) is 6.54 Å². The predicted molar refractivity (Wildman–Crippen MR) is 109 cm³/mol. The van der Waals surface area contributed by atoms with Gasteiger partial charge < -0.3 is 9.80 Å². The number of nitrogens with one attached hydrogen (secondary N) is 2. The zero-order chi connectivity index (χ0) is 20.3. The Bertz CT molecular complexity index is 970. The van der Waals surface area contributed by atoms with Crippen LogP contribution in [0.2, 0.25) is 5.02 Å². The number of piperazine rings is 1. The van der Waals surface area contributed by atoms with Crippen molar-refractivity contribution < 1.29 is 18.1 Å². The summed E-state index contributed by atoms with van der Waals surface area (Å²) >= 11 is 6.19. The monoisotopic (exact) mass is 422 g/mol. The lowest BCUT2D eigenvalue weighted by atomic mass is 10.1. The van der Waals surface area contributed by atoms with Crippen molar-refractivity contribution in [2.75, 3.05) is 33.2 Å². The van der Waals surface area contributed by atoms with Crippen molar-refractivity contribution in [1.29, 1.82) is 0 Å². The Kier molecular flexibility index (Phi) is 6.40. The Balaban J connectivity index is 1.69. The van der Waals surface area contributed by atoms with E-state index in [0.29, 0.717) is 13.1 Å². The van der Waals surface area contributed by atoms with Crippen LogP contribution >= 0.6 is 11.6 Å². The van der Waals surface area contributed by atoms with Gasteiger partial charge in [-0.25, -0.2) is 13.1 Å². The number of hydrogen-bond donors (Lipinski definition) is 2. The third-order valence-corrected chi connectivity index (χ3v) is 6.95. The fourth-order valence-electron chi connectivity index (χ4n) is 3.40. The van der Waals surface area contributed by atoms with E-state index in [9.17, 15) is 13.2 Å². The van der Waals surface area contributed by atoms with E-state index in [1.807, 2.05) is 6.07 Å². The summed E-state index contributed by atoms with van der Waals surface area (Å²) in [5.41, 5.74) is 2.83. The molecule has 2 aromatic carbocycles. The van der Waals surface area contributed by atoms with Gasteiger partial charge >= 0.3 is 0 Å². The van der Waals surface area contributed by atoms with Crippen molar-refractivity contribution in [2.24, 2.45) is 0 Å². The molecule has 2 N–H and O–H groups in total. The van der Waals surface area contributed by atoms with Crippen LogP contribution in [0.4, 0.5) is 0 Å². The van der Waals surface area contributed by atoms with Crippen LogP contribution in [0.1, 0.15) is 21.5 Å². The molecular weight excluding hydrogens is 398 g/mol. The molecule has 1 fully saturated rings. The Morgan fingerprint density at radius 1 is 1.18 bits per heavy atom. The highest BCUT2D eigenvalue weighted by Crippen LogP contribution is 2.22. The number of carbonyl (C=O) groups is 1. The number of quaternary nitrogens is 1. The highest BCUT2D eigenvalue weighted by molar-refractivity contribution is 7.89. The molecule has 2 aromatic rings. The minimum Gasteiger partial charge on any atom is -0.328 e. The van der Waals surface area contributed by atoms with Crippen molar-refractivity contribution >= 4 is 27.5 Å². The van der Waals surface area contributed by atoms with E-state index in [2.05, 4.69) is 29.8 Å². The summed E-state index contributed by atoms with van der Waals surface area (Å²) in [5, 5.41) is 0.259. The molecule has 1 saturated heterocycles. The van der Waals surface area contributed by atoms with Crippen LogP contribution < -0.4 is 9.62 Å². The van der Waals surface area contributed by atoms with Crippen LogP contribution in [-0.2, 0) is 16.6 Å². The van der Waals surface area contributed by atoms with Crippen LogP contribution in [0.5, 0.6) is 0 Å². The second kappa shape index (κ2) is 8.61. The van der Waals surface area contributed by atoms with Gasteiger partial charge in [0.2, 0.25) is 10.0 Å². The number of sulfonamides is 1. The summed E-state index contributed by atoms with van der Waals surface area (Å²) in [7, 11) is -2.30. The molecule has 0 radical (unpaired) electrons. The normalized spacial score (nSPS) is 15.6. The molecule has 150 valence electrons. The number of amides is 1. The van der Waals surface area contributed by atoms with E-state index in [0.717, 1.165) is 19.6 Å². The zero-order valence-electron chi connectivity index (χ0n) is 16.0. The van der Waals surface area contributed by atoms with Gasteiger partial charge in [0.25, 0.3) is 5.91 Å². The van der Waals surface area contributed by atoms with E-state index in [-0.39, 0.29) is 21.4 Å². The molecule has 8 heteroatoms. The van der Waals surface area contributed by atoms with E-state index in [1.54, 1.807) is 4.90 Å². The molecule has 0 aromatic heterocycles. The van der Waals surface area contributed by atoms with E-state index in [1.165, 1.54) is 41.3 Å². The third-order valence-electron chi connectivity index (χ3n) is 5.21. The first-order chi connectivity index (χ1) is 13.3. The fourth-order valence-corrected chi connectivity index (χ4v) is 4.36. The molecule has 0 bridgehead atoms. The lowest BCUT2D eigenvalue weighted by Gasteiger charge is -2.32.